The minimum Gasteiger partial charge on any atom is -0.208 e. The molecule has 0 rings (SSSR count). The minimum atomic E-state index is -0.442. The van der Waals surface area contributed by atoms with Crippen molar-refractivity contribution in [3.63, 3.8) is 0 Å². The van der Waals surface area contributed by atoms with Crippen LogP contribution in [-0.2, 0) is 0 Å². The first kappa shape index (κ1) is 7.88. The van der Waals surface area contributed by atoms with E-state index >= 15 is 0 Å². The fraction of sp³-hybridized carbons (Fsp3) is 0. The first-order valence-corrected chi connectivity index (χ1v) is 3.07. The van der Waals surface area contributed by atoms with E-state index in [1.807, 2.05) is 22.6 Å². The lowest BCUT2D eigenvalue weighted by atomic mass is 10.5. The molecule has 44 valence electrons. The molecule has 0 bridgehead atoms. The van der Waals surface area contributed by atoms with Crippen LogP contribution in [0.25, 0.3) is 0 Å². The van der Waals surface area contributed by atoms with Gasteiger partial charge in [0.15, 0.2) is 0 Å². The molecule has 0 aromatic heterocycles. The molecule has 0 atom stereocenters. The molecule has 0 saturated carbocycles. The molecule has 0 aromatic rings. The minimum absolute atomic E-state index is 0.442. The summed E-state index contributed by atoms with van der Waals surface area (Å²) in [4.78, 5) is 0. The van der Waals surface area contributed by atoms with Gasteiger partial charge in [0.2, 0.25) is 0 Å². The third kappa shape index (κ3) is 5.88. The Kier molecular flexibility index (Phi) is 3.77. The fourth-order valence-electron chi connectivity index (χ4n) is 0.181. The normalized spacial score (nSPS) is 9.75. The van der Waals surface area contributed by atoms with Crippen LogP contribution in [0.2, 0.25) is 0 Å². The van der Waals surface area contributed by atoms with Gasteiger partial charge in [0, 0.05) is 3.58 Å². The van der Waals surface area contributed by atoms with Crippen LogP contribution in [0.15, 0.2) is 34.7 Å². The van der Waals surface area contributed by atoms with E-state index in [1.165, 1.54) is 6.08 Å². The van der Waals surface area contributed by atoms with Gasteiger partial charge < -0.3 is 0 Å². The van der Waals surface area contributed by atoms with Crippen LogP contribution in [0.4, 0.5) is 4.39 Å². The van der Waals surface area contributed by atoms with Crippen molar-refractivity contribution in [1.29, 1.82) is 0 Å². The monoisotopic (exact) mass is 224 g/mol. The molecule has 2 heteroatoms. The molecule has 0 saturated heterocycles. The lowest BCUT2D eigenvalue weighted by Crippen LogP contribution is -1.57. The maximum Gasteiger partial charge on any atom is 0.116 e. The number of halogens is 2. The maximum absolute atomic E-state index is 11.7. The van der Waals surface area contributed by atoms with Gasteiger partial charge in [-0.05, 0) is 34.7 Å². The molecule has 0 aromatic carbocycles. The van der Waals surface area contributed by atoms with Crippen LogP contribution in [0.3, 0.4) is 0 Å². The van der Waals surface area contributed by atoms with Crippen LogP contribution in [-0.4, -0.2) is 0 Å². The molecule has 0 unspecified atom stereocenters. The number of allylic oxidation sites excluding steroid dienone is 4. The fourth-order valence-corrected chi connectivity index (χ4v) is 0.361. The second-order valence-electron chi connectivity index (χ2n) is 1.23. The molecule has 8 heavy (non-hydrogen) atoms. The van der Waals surface area contributed by atoms with Crippen molar-refractivity contribution in [3.8, 4) is 0 Å². The van der Waals surface area contributed by atoms with Gasteiger partial charge in [-0.25, -0.2) is 4.39 Å². The molecule has 0 N–H and O–H groups in total. The van der Waals surface area contributed by atoms with Gasteiger partial charge in [0.05, 0.1) is 0 Å². The molecule has 0 fully saturated rings. The second kappa shape index (κ2) is 3.83. The second-order valence-corrected chi connectivity index (χ2v) is 2.61. The summed E-state index contributed by atoms with van der Waals surface area (Å²) in [6.07, 6.45) is 2.83. The van der Waals surface area contributed by atoms with E-state index in [0.29, 0.717) is 0 Å². The van der Waals surface area contributed by atoms with E-state index in [2.05, 4.69) is 13.2 Å². The summed E-state index contributed by atoms with van der Waals surface area (Å²) in [6, 6.07) is 0. The highest BCUT2D eigenvalue weighted by molar-refractivity contribution is 14.1. The third-order valence-corrected chi connectivity index (χ3v) is 0.805. The highest BCUT2D eigenvalue weighted by atomic mass is 127. The summed E-state index contributed by atoms with van der Waals surface area (Å²) in [5.74, 6) is -0.442. The van der Waals surface area contributed by atoms with Gasteiger partial charge in [-0.2, -0.15) is 0 Å². The van der Waals surface area contributed by atoms with E-state index in [-0.39, 0.29) is 0 Å². The smallest absolute Gasteiger partial charge is 0.116 e. The van der Waals surface area contributed by atoms with Crippen molar-refractivity contribution in [3.05, 3.63) is 34.7 Å². The molecule has 0 amide bonds. The Bertz CT molecular complexity index is 119. The number of hydrogen-bond acceptors (Lipinski definition) is 0. The number of hydrogen-bond donors (Lipinski definition) is 0. The van der Waals surface area contributed by atoms with Gasteiger partial charge in [0.25, 0.3) is 0 Å². The van der Waals surface area contributed by atoms with Crippen LogP contribution in [0.5, 0.6) is 0 Å². The largest absolute Gasteiger partial charge is 0.208 e. The molecule has 0 aliphatic carbocycles. The molecule has 0 aliphatic heterocycles. The summed E-state index contributed by atoms with van der Waals surface area (Å²) in [6.45, 7) is 6.55. The van der Waals surface area contributed by atoms with Crippen molar-refractivity contribution < 1.29 is 4.39 Å². The molecule has 0 heterocycles. The molecule has 0 radical (unpaired) electrons. The summed E-state index contributed by atoms with van der Waals surface area (Å²) < 4.78 is 12.5. The van der Waals surface area contributed by atoms with Crippen molar-refractivity contribution in [2.24, 2.45) is 0 Å². The van der Waals surface area contributed by atoms with Gasteiger partial charge >= 0.3 is 0 Å². The SMILES string of the molecule is C=C(F)/C=C\C(=C)I. The predicted molar refractivity (Wildman–Crippen MR) is 42.5 cm³/mol. The van der Waals surface area contributed by atoms with Crippen LogP contribution < -0.4 is 0 Å². The zero-order valence-electron chi connectivity index (χ0n) is 4.32. The topological polar surface area (TPSA) is 0 Å². The quantitative estimate of drug-likeness (QED) is 0.499. The lowest BCUT2D eigenvalue weighted by Gasteiger charge is -1.79. The van der Waals surface area contributed by atoms with E-state index in [0.717, 1.165) is 3.58 Å². The Labute approximate surface area is 61.9 Å². The summed E-state index contributed by atoms with van der Waals surface area (Å²) in [5.41, 5.74) is 0. The number of rotatable bonds is 2. The summed E-state index contributed by atoms with van der Waals surface area (Å²) >= 11 is 1.99. The van der Waals surface area contributed by atoms with Crippen molar-refractivity contribution in [2.75, 3.05) is 0 Å². The molecular formula is C6H6FI. The van der Waals surface area contributed by atoms with E-state index in [9.17, 15) is 4.39 Å². The third-order valence-electron chi connectivity index (χ3n) is 0.445. The highest BCUT2D eigenvalue weighted by Gasteiger charge is 1.78. The lowest BCUT2D eigenvalue weighted by molar-refractivity contribution is 0.671. The molecule has 0 nitrogen and oxygen atoms in total. The maximum atomic E-state index is 11.7. The van der Waals surface area contributed by atoms with Gasteiger partial charge in [-0.15, -0.1) is 0 Å². The predicted octanol–water partition coefficient (Wildman–Crippen LogP) is 2.97. The average molecular weight is 224 g/mol. The molecular weight excluding hydrogens is 218 g/mol. The Morgan fingerprint density at radius 2 is 1.88 bits per heavy atom. The van der Waals surface area contributed by atoms with Crippen LogP contribution >= 0.6 is 22.6 Å². The van der Waals surface area contributed by atoms with Crippen molar-refractivity contribution >= 4 is 22.6 Å². The van der Waals surface area contributed by atoms with Gasteiger partial charge in [0.1, 0.15) is 5.83 Å². The zero-order valence-corrected chi connectivity index (χ0v) is 6.48. The van der Waals surface area contributed by atoms with Crippen LogP contribution in [0.1, 0.15) is 0 Å². The Morgan fingerprint density at radius 1 is 1.38 bits per heavy atom. The average Bonchev–Trinajstić information content (AvgIpc) is 1.61. The Balaban J connectivity index is 3.67. The molecule has 0 spiro atoms. The Hall–Kier alpha value is -0.120. The van der Waals surface area contributed by atoms with Crippen molar-refractivity contribution in [2.45, 2.75) is 0 Å². The van der Waals surface area contributed by atoms with E-state index < -0.39 is 5.83 Å². The standard InChI is InChI=1S/C6H6FI/c1-5(7)3-4-6(2)8/h3-4H,1-2H2/b4-3-. The first-order chi connectivity index (χ1) is 3.63. The molecule has 0 aliphatic rings. The Morgan fingerprint density at radius 3 is 2.00 bits per heavy atom. The first-order valence-electron chi connectivity index (χ1n) is 2.00. The van der Waals surface area contributed by atoms with Gasteiger partial charge in [-0.3, -0.25) is 0 Å². The van der Waals surface area contributed by atoms with Crippen LogP contribution in [0, 0.1) is 0 Å². The zero-order chi connectivity index (χ0) is 6.57. The summed E-state index contributed by atoms with van der Waals surface area (Å²) in [7, 11) is 0. The van der Waals surface area contributed by atoms with Crippen molar-refractivity contribution in [1.82, 2.24) is 0 Å². The summed E-state index contributed by atoms with van der Waals surface area (Å²) in [5, 5.41) is 0. The highest BCUT2D eigenvalue weighted by Crippen LogP contribution is 2.04. The van der Waals surface area contributed by atoms with E-state index in [4.69, 9.17) is 0 Å². The van der Waals surface area contributed by atoms with Gasteiger partial charge in [-0.1, -0.05) is 13.2 Å². The van der Waals surface area contributed by atoms with E-state index in [1.54, 1.807) is 6.08 Å².